The molecule has 0 bridgehead atoms. The molecule has 0 saturated heterocycles. The first kappa shape index (κ1) is 12.7. The SMILES string of the molecule is NCCCCNCc1cc(Br)c2c(c1)OCO2. The van der Waals surface area contributed by atoms with Gasteiger partial charge in [0.25, 0.3) is 0 Å². The Balaban J connectivity index is 1.87. The third-order valence-corrected chi connectivity index (χ3v) is 3.21. The molecule has 2 rings (SSSR count). The van der Waals surface area contributed by atoms with Crippen molar-refractivity contribution in [2.45, 2.75) is 19.4 Å². The Morgan fingerprint density at radius 2 is 2.18 bits per heavy atom. The Hall–Kier alpha value is -0.780. The second-order valence-electron chi connectivity index (χ2n) is 3.98. The molecule has 94 valence electrons. The van der Waals surface area contributed by atoms with Gasteiger partial charge in [-0.1, -0.05) is 0 Å². The van der Waals surface area contributed by atoms with Gasteiger partial charge in [-0.15, -0.1) is 0 Å². The predicted molar refractivity (Wildman–Crippen MR) is 70.3 cm³/mol. The normalized spacial score (nSPS) is 13.1. The fraction of sp³-hybridized carbons (Fsp3) is 0.500. The van der Waals surface area contributed by atoms with Crippen LogP contribution in [0.15, 0.2) is 16.6 Å². The van der Waals surface area contributed by atoms with Crippen LogP contribution in [0.2, 0.25) is 0 Å². The summed E-state index contributed by atoms with van der Waals surface area (Å²) in [5.74, 6) is 1.62. The number of ether oxygens (including phenoxy) is 2. The molecule has 1 aromatic rings. The molecule has 0 spiro atoms. The van der Waals surface area contributed by atoms with Crippen LogP contribution in [0.5, 0.6) is 11.5 Å². The van der Waals surface area contributed by atoms with Gasteiger partial charge in [-0.2, -0.15) is 0 Å². The van der Waals surface area contributed by atoms with Crippen molar-refractivity contribution in [1.29, 1.82) is 0 Å². The van der Waals surface area contributed by atoms with Crippen LogP contribution in [0.1, 0.15) is 18.4 Å². The van der Waals surface area contributed by atoms with Crippen molar-refractivity contribution in [1.82, 2.24) is 5.32 Å². The Bertz CT molecular complexity index is 385. The summed E-state index contributed by atoms with van der Waals surface area (Å²) in [5.41, 5.74) is 6.63. The monoisotopic (exact) mass is 300 g/mol. The van der Waals surface area contributed by atoms with E-state index in [0.717, 1.165) is 48.4 Å². The first-order chi connectivity index (χ1) is 8.31. The fourth-order valence-electron chi connectivity index (χ4n) is 1.75. The molecule has 0 amide bonds. The van der Waals surface area contributed by atoms with Crippen LogP contribution >= 0.6 is 15.9 Å². The lowest BCUT2D eigenvalue weighted by Crippen LogP contribution is -2.15. The molecule has 1 aromatic carbocycles. The summed E-state index contributed by atoms with van der Waals surface area (Å²) in [6.45, 7) is 2.89. The van der Waals surface area contributed by atoms with Gasteiger partial charge < -0.3 is 20.5 Å². The van der Waals surface area contributed by atoms with Gasteiger partial charge in [0, 0.05) is 6.54 Å². The Kier molecular flexibility index (Phi) is 4.65. The first-order valence-corrected chi connectivity index (χ1v) is 6.59. The average Bonchev–Trinajstić information content (AvgIpc) is 2.77. The van der Waals surface area contributed by atoms with Gasteiger partial charge in [-0.3, -0.25) is 0 Å². The van der Waals surface area contributed by atoms with E-state index in [1.54, 1.807) is 0 Å². The van der Waals surface area contributed by atoms with Crippen LogP contribution in [0.25, 0.3) is 0 Å². The molecule has 0 atom stereocenters. The Labute approximate surface area is 110 Å². The van der Waals surface area contributed by atoms with Crippen LogP contribution in [-0.4, -0.2) is 19.9 Å². The van der Waals surface area contributed by atoms with Gasteiger partial charge in [0.1, 0.15) is 0 Å². The van der Waals surface area contributed by atoms with Crippen LogP contribution in [0.3, 0.4) is 0 Å². The summed E-state index contributed by atoms with van der Waals surface area (Å²) in [6.07, 6.45) is 2.18. The molecular formula is C12H17BrN2O2. The number of nitrogens with one attached hydrogen (secondary N) is 1. The van der Waals surface area contributed by atoms with Crippen LogP contribution in [-0.2, 0) is 6.54 Å². The van der Waals surface area contributed by atoms with Gasteiger partial charge in [-0.25, -0.2) is 0 Å². The zero-order chi connectivity index (χ0) is 12.1. The molecule has 0 saturated carbocycles. The largest absolute Gasteiger partial charge is 0.454 e. The highest BCUT2D eigenvalue weighted by molar-refractivity contribution is 9.10. The summed E-state index contributed by atoms with van der Waals surface area (Å²) in [5, 5.41) is 3.38. The van der Waals surface area contributed by atoms with Crippen LogP contribution in [0, 0.1) is 0 Å². The second-order valence-corrected chi connectivity index (χ2v) is 4.84. The van der Waals surface area contributed by atoms with Gasteiger partial charge in [-0.05, 0) is 59.6 Å². The van der Waals surface area contributed by atoms with E-state index in [2.05, 4.69) is 27.3 Å². The molecule has 5 heteroatoms. The number of rotatable bonds is 6. The first-order valence-electron chi connectivity index (χ1n) is 5.80. The number of halogens is 1. The molecular weight excluding hydrogens is 284 g/mol. The summed E-state index contributed by atoms with van der Waals surface area (Å²) < 4.78 is 11.7. The van der Waals surface area contributed by atoms with Gasteiger partial charge in [0.2, 0.25) is 6.79 Å². The number of hydrogen-bond acceptors (Lipinski definition) is 4. The molecule has 0 unspecified atom stereocenters. The van der Waals surface area contributed by atoms with Crippen molar-refractivity contribution in [3.8, 4) is 11.5 Å². The zero-order valence-electron chi connectivity index (χ0n) is 9.67. The predicted octanol–water partition coefficient (Wildman–Crippen LogP) is 2.01. The molecule has 1 aliphatic rings. The minimum atomic E-state index is 0.307. The molecule has 0 aliphatic carbocycles. The number of unbranched alkanes of at least 4 members (excludes halogenated alkanes) is 1. The quantitative estimate of drug-likeness (QED) is 0.789. The minimum Gasteiger partial charge on any atom is -0.454 e. The number of hydrogen-bond donors (Lipinski definition) is 2. The highest BCUT2D eigenvalue weighted by Crippen LogP contribution is 2.39. The van der Waals surface area contributed by atoms with E-state index in [1.165, 1.54) is 5.56 Å². The van der Waals surface area contributed by atoms with Gasteiger partial charge >= 0.3 is 0 Å². The van der Waals surface area contributed by atoms with Crippen LogP contribution < -0.4 is 20.5 Å². The van der Waals surface area contributed by atoms with Crippen molar-refractivity contribution in [2.24, 2.45) is 5.73 Å². The van der Waals surface area contributed by atoms with E-state index in [0.29, 0.717) is 6.79 Å². The maximum atomic E-state index is 5.44. The van der Waals surface area contributed by atoms with Gasteiger partial charge in [0.15, 0.2) is 11.5 Å². The van der Waals surface area contributed by atoms with Gasteiger partial charge in [0.05, 0.1) is 4.47 Å². The Morgan fingerprint density at radius 3 is 3.00 bits per heavy atom. The van der Waals surface area contributed by atoms with Crippen molar-refractivity contribution >= 4 is 15.9 Å². The van der Waals surface area contributed by atoms with Crippen molar-refractivity contribution < 1.29 is 9.47 Å². The van der Waals surface area contributed by atoms with Crippen molar-refractivity contribution in [3.05, 3.63) is 22.2 Å². The van der Waals surface area contributed by atoms with E-state index < -0.39 is 0 Å². The molecule has 4 nitrogen and oxygen atoms in total. The lowest BCUT2D eigenvalue weighted by atomic mass is 10.2. The summed E-state index contributed by atoms with van der Waals surface area (Å²) in [6, 6.07) is 4.08. The molecule has 3 N–H and O–H groups in total. The van der Waals surface area contributed by atoms with E-state index >= 15 is 0 Å². The van der Waals surface area contributed by atoms with Crippen molar-refractivity contribution in [2.75, 3.05) is 19.9 Å². The minimum absolute atomic E-state index is 0.307. The van der Waals surface area contributed by atoms with Crippen molar-refractivity contribution in [3.63, 3.8) is 0 Å². The lowest BCUT2D eigenvalue weighted by molar-refractivity contribution is 0.173. The summed E-state index contributed by atoms with van der Waals surface area (Å²) >= 11 is 3.48. The molecule has 1 aliphatic heterocycles. The summed E-state index contributed by atoms with van der Waals surface area (Å²) in [7, 11) is 0. The number of benzene rings is 1. The molecule has 0 fully saturated rings. The lowest BCUT2D eigenvalue weighted by Gasteiger charge is -2.07. The standard InChI is InChI=1S/C12H17BrN2O2/c13-10-5-9(7-15-4-2-1-3-14)6-11-12(10)17-8-16-11/h5-6,15H,1-4,7-8,14H2. The maximum absolute atomic E-state index is 5.44. The van der Waals surface area contributed by atoms with E-state index in [1.807, 2.05) is 6.07 Å². The third-order valence-electron chi connectivity index (χ3n) is 2.62. The molecule has 1 heterocycles. The summed E-state index contributed by atoms with van der Waals surface area (Å²) in [4.78, 5) is 0. The van der Waals surface area contributed by atoms with E-state index in [9.17, 15) is 0 Å². The van der Waals surface area contributed by atoms with E-state index in [-0.39, 0.29) is 0 Å². The highest BCUT2D eigenvalue weighted by Gasteiger charge is 2.17. The molecule has 0 aromatic heterocycles. The maximum Gasteiger partial charge on any atom is 0.231 e. The zero-order valence-corrected chi connectivity index (χ0v) is 11.3. The molecule has 17 heavy (non-hydrogen) atoms. The fourth-order valence-corrected chi connectivity index (χ4v) is 2.35. The number of fused-ring (bicyclic) bond motifs is 1. The molecule has 0 radical (unpaired) electrons. The Morgan fingerprint density at radius 1 is 1.29 bits per heavy atom. The highest BCUT2D eigenvalue weighted by atomic mass is 79.9. The smallest absolute Gasteiger partial charge is 0.231 e. The van der Waals surface area contributed by atoms with Crippen LogP contribution in [0.4, 0.5) is 0 Å². The average molecular weight is 301 g/mol. The second kappa shape index (κ2) is 6.23. The number of nitrogens with two attached hydrogens (primary N) is 1. The third kappa shape index (κ3) is 3.34. The topological polar surface area (TPSA) is 56.5 Å². The van der Waals surface area contributed by atoms with E-state index in [4.69, 9.17) is 15.2 Å².